The summed E-state index contributed by atoms with van der Waals surface area (Å²) in [6, 6.07) is 1.41. The SMILES string of the molecule is CCN(CCCNC1CCN2CCCC12)C(=O)OC(C)(C)C. The van der Waals surface area contributed by atoms with Crippen LogP contribution in [0.25, 0.3) is 0 Å². The molecule has 0 aromatic heterocycles. The van der Waals surface area contributed by atoms with Gasteiger partial charge in [0, 0.05) is 31.7 Å². The van der Waals surface area contributed by atoms with Crippen molar-refractivity contribution in [3.63, 3.8) is 0 Å². The van der Waals surface area contributed by atoms with E-state index in [9.17, 15) is 4.79 Å². The van der Waals surface area contributed by atoms with Gasteiger partial charge >= 0.3 is 6.09 Å². The van der Waals surface area contributed by atoms with Crippen LogP contribution in [0.3, 0.4) is 0 Å². The highest BCUT2D eigenvalue weighted by molar-refractivity contribution is 5.68. The van der Waals surface area contributed by atoms with Crippen LogP contribution in [0.2, 0.25) is 0 Å². The molecule has 128 valence electrons. The smallest absolute Gasteiger partial charge is 0.410 e. The van der Waals surface area contributed by atoms with E-state index in [2.05, 4.69) is 10.2 Å². The van der Waals surface area contributed by atoms with Crippen LogP contribution in [0.5, 0.6) is 0 Å². The van der Waals surface area contributed by atoms with E-state index in [4.69, 9.17) is 4.74 Å². The van der Waals surface area contributed by atoms with E-state index in [1.54, 1.807) is 4.90 Å². The number of ether oxygens (including phenoxy) is 1. The summed E-state index contributed by atoms with van der Waals surface area (Å²) in [7, 11) is 0. The average Bonchev–Trinajstić information content (AvgIpc) is 3.00. The normalized spacial score (nSPS) is 25.3. The van der Waals surface area contributed by atoms with Gasteiger partial charge in [0.1, 0.15) is 5.60 Å². The van der Waals surface area contributed by atoms with Crippen LogP contribution in [0, 0.1) is 0 Å². The topological polar surface area (TPSA) is 44.8 Å². The van der Waals surface area contributed by atoms with Crippen molar-refractivity contribution >= 4 is 6.09 Å². The summed E-state index contributed by atoms with van der Waals surface area (Å²) in [5.41, 5.74) is -0.418. The predicted octanol–water partition coefficient (Wildman–Crippen LogP) is 2.46. The molecule has 2 fully saturated rings. The van der Waals surface area contributed by atoms with Crippen LogP contribution in [-0.2, 0) is 4.74 Å². The molecule has 5 nitrogen and oxygen atoms in total. The van der Waals surface area contributed by atoms with Gasteiger partial charge in [0.2, 0.25) is 0 Å². The molecule has 0 radical (unpaired) electrons. The number of nitrogens with zero attached hydrogens (tertiary/aromatic N) is 2. The maximum absolute atomic E-state index is 12.1. The highest BCUT2D eigenvalue weighted by Gasteiger charge is 2.36. The standard InChI is InChI=1S/C17H33N3O2/c1-5-19(16(21)22-17(2,3)4)12-7-10-18-14-9-13-20-11-6-8-15(14)20/h14-15,18H,5-13H2,1-4H3. The van der Waals surface area contributed by atoms with Gasteiger partial charge in [-0.3, -0.25) is 4.90 Å². The number of fused-ring (bicyclic) bond motifs is 1. The molecule has 0 bridgehead atoms. The van der Waals surface area contributed by atoms with E-state index >= 15 is 0 Å². The maximum Gasteiger partial charge on any atom is 0.410 e. The fraction of sp³-hybridized carbons (Fsp3) is 0.941. The molecule has 0 aromatic rings. The van der Waals surface area contributed by atoms with E-state index in [-0.39, 0.29) is 6.09 Å². The monoisotopic (exact) mass is 311 g/mol. The first-order chi connectivity index (χ1) is 10.4. The Kier molecular flexibility index (Phi) is 6.09. The number of carbonyl (C=O) groups excluding carboxylic acids is 1. The first-order valence-corrected chi connectivity index (χ1v) is 8.86. The second kappa shape index (κ2) is 7.64. The lowest BCUT2D eigenvalue weighted by molar-refractivity contribution is 0.0258. The highest BCUT2D eigenvalue weighted by Crippen LogP contribution is 2.27. The minimum atomic E-state index is -0.418. The first kappa shape index (κ1) is 17.5. The summed E-state index contributed by atoms with van der Waals surface area (Å²) in [6.45, 7) is 12.7. The van der Waals surface area contributed by atoms with Crippen molar-refractivity contribution in [1.82, 2.24) is 15.1 Å². The highest BCUT2D eigenvalue weighted by atomic mass is 16.6. The zero-order chi connectivity index (χ0) is 16.2. The van der Waals surface area contributed by atoms with Crippen molar-refractivity contribution in [2.75, 3.05) is 32.7 Å². The number of nitrogens with one attached hydrogen (secondary N) is 1. The molecular weight excluding hydrogens is 278 g/mol. The summed E-state index contributed by atoms with van der Waals surface area (Å²) in [6.07, 6.45) is 4.75. The summed E-state index contributed by atoms with van der Waals surface area (Å²) >= 11 is 0. The molecule has 0 aromatic carbocycles. The van der Waals surface area contributed by atoms with Crippen molar-refractivity contribution in [2.24, 2.45) is 0 Å². The van der Waals surface area contributed by atoms with E-state index in [0.29, 0.717) is 12.6 Å². The van der Waals surface area contributed by atoms with Gasteiger partial charge in [0.05, 0.1) is 0 Å². The molecule has 2 aliphatic heterocycles. The predicted molar refractivity (Wildman–Crippen MR) is 89.1 cm³/mol. The van der Waals surface area contributed by atoms with Gasteiger partial charge in [-0.05, 0) is 66.5 Å². The van der Waals surface area contributed by atoms with Crippen LogP contribution < -0.4 is 5.32 Å². The van der Waals surface area contributed by atoms with Gasteiger partial charge in [0.15, 0.2) is 0 Å². The average molecular weight is 311 g/mol. The summed E-state index contributed by atoms with van der Waals surface area (Å²) in [4.78, 5) is 16.5. The van der Waals surface area contributed by atoms with E-state index in [1.807, 2.05) is 27.7 Å². The van der Waals surface area contributed by atoms with Crippen LogP contribution in [0.15, 0.2) is 0 Å². The molecule has 1 amide bonds. The Labute approximate surface area is 135 Å². The molecule has 1 N–H and O–H groups in total. The summed E-state index contributed by atoms with van der Waals surface area (Å²) < 4.78 is 5.44. The summed E-state index contributed by atoms with van der Waals surface area (Å²) in [5.74, 6) is 0. The third kappa shape index (κ3) is 4.85. The number of rotatable bonds is 6. The number of amides is 1. The van der Waals surface area contributed by atoms with Crippen molar-refractivity contribution in [3.8, 4) is 0 Å². The van der Waals surface area contributed by atoms with Crippen LogP contribution in [-0.4, -0.2) is 66.3 Å². The Balaban J connectivity index is 1.65. The maximum atomic E-state index is 12.1. The Morgan fingerprint density at radius 2 is 2.09 bits per heavy atom. The lowest BCUT2D eigenvalue weighted by Gasteiger charge is -2.27. The van der Waals surface area contributed by atoms with Gasteiger partial charge < -0.3 is 15.0 Å². The lowest BCUT2D eigenvalue weighted by Crippen LogP contribution is -2.41. The molecule has 5 heteroatoms. The van der Waals surface area contributed by atoms with E-state index in [1.165, 1.54) is 32.4 Å². The van der Waals surface area contributed by atoms with Gasteiger partial charge in [-0.25, -0.2) is 4.79 Å². The fourth-order valence-electron chi connectivity index (χ4n) is 3.58. The lowest BCUT2D eigenvalue weighted by atomic mass is 10.1. The number of carbonyl (C=O) groups is 1. The third-order valence-electron chi connectivity index (χ3n) is 4.65. The molecule has 22 heavy (non-hydrogen) atoms. The molecule has 2 unspecified atom stereocenters. The molecule has 2 saturated heterocycles. The van der Waals surface area contributed by atoms with Crippen LogP contribution in [0.1, 0.15) is 53.4 Å². The third-order valence-corrected chi connectivity index (χ3v) is 4.65. The number of hydrogen-bond acceptors (Lipinski definition) is 4. The molecule has 0 spiro atoms. The zero-order valence-corrected chi connectivity index (χ0v) is 14.7. The Morgan fingerprint density at radius 1 is 1.32 bits per heavy atom. The molecular formula is C17H33N3O2. The summed E-state index contributed by atoms with van der Waals surface area (Å²) in [5, 5.41) is 3.70. The number of hydrogen-bond donors (Lipinski definition) is 1. The largest absolute Gasteiger partial charge is 0.444 e. The second-order valence-electron chi connectivity index (χ2n) is 7.51. The first-order valence-electron chi connectivity index (χ1n) is 8.86. The van der Waals surface area contributed by atoms with Gasteiger partial charge in [-0.15, -0.1) is 0 Å². The molecule has 0 aliphatic carbocycles. The molecule has 2 aliphatic rings. The fourth-order valence-corrected chi connectivity index (χ4v) is 3.58. The van der Waals surface area contributed by atoms with Gasteiger partial charge in [-0.2, -0.15) is 0 Å². The minimum Gasteiger partial charge on any atom is -0.444 e. The van der Waals surface area contributed by atoms with Crippen molar-refractivity contribution < 1.29 is 9.53 Å². The molecule has 2 rings (SSSR count). The van der Waals surface area contributed by atoms with Crippen molar-refractivity contribution in [2.45, 2.75) is 71.1 Å². The quantitative estimate of drug-likeness (QED) is 0.765. The minimum absolute atomic E-state index is 0.196. The Hall–Kier alpha value is -0.810. The molecule has 0 saturated carbocycles. The Morgan fingerprint density at radius 3 is 2.77 bits per heavy atom. The van der Waals surface area contributed by atoms with Crippen LogP contribution >= 0.6 is 0 Å². The van der Waals surface area contributed by atoms with Gasteiger partial charge in [-0.1, -0.05) is 0 Å². The van der Waals surface area contributed by atoms with Gasteiger partial charge in [0.25, 0.3) is 0 Å². The second-order valence-corrected chi connectivity index (χ2v) is 7.51. The van der Waals surface area contributed by atoms with E-state index < -0.39 is 5.60 Å². The molecule has 2 heterocycles. The van der Waals surface area contributed by atoms with Crippen LogP contribution in [0.4, 0.5) is 4.79 Å². The van der Waals surface area contributed by atoms with Crippen molar-refractivity contribution in [1.29, 1.82) is 0 Å². The Bertz CT molecular complexity index is 367. The molecule has 2 atom stereocenters. The van der Waals surface area contributed by atoms with Crippen molar-refractivity contribution in [3.05, 3.63) is 0 Å². The van der Waals surface area contributed by atoms with E-state index in [0.717, 1.165) is 25.6 Å². The zero-order valence-electron chi connectivity index (χ0n) is 14.7.